The monoisotopic (exact) mass is 529 g/mol. The molecule has 0 saturated carbocycles. The lowest BCUT2D eigenvalue weighted by Gasteiger charge is -2.30. The summed E-state index contributed by atoms with van der Waals surface area (Å²) in [6, 6.07) is 16.3. The Kier molecular flexibility index (Phi) is 5.68. The van der Waals surface area contributed by atoms with Gasteiger partial charge < -0.3 is 9.84 Å². The number of ether oxygens (including phenoxy) is 1. The maximum Gasteiger partial charge on any atom is 0.315 e. The number of aryl methyl sites for hydroxylation is 1. The standard InChI is InChI=1S/C28H20FN3O5S/c1-37-22-13-15(12-21(26(22)33)32(35)36)14-23-27(34)31-25(17-6-9-18(29)10-7-17)20-11-8-16-4-2-3-5-19(16)24(20)30-28(31)38-23/h2-7,9-10,12-14,25,33H,8,11H2,1H3/b23-14+/t25-/m0/s1. The highest BCUT2D eigenvalue weighted by atomic mass is 32.1. The van der Waals surface area contributed by atoms with Crippen molar-refractivity contribution in [1.82, 2.24) is 4.57 Å². The molecule has 0 saturated heterocycles. The molecule has 0 bridgehead atoms. The van der Waals surface area contributed by atoms with E-state index in [1.54, 1.807) is 16.7 Å². The zero-order chi connectivity index (χ0) is 26.6. The topological polar surface area (TPSA) is 107 Å². The molecule has 0 radical (unpaired) electrons. The average molecular weight is 530 g/mol. The normalized spacial score (nSPS) is 16.4. The van der Waals surface area contributed by atoms with Gasteiger partial charge in [-0.3, -0.25) is 19.5 Å². The Labute approximate surface area is 219 Å². The van der Waals surface area contributed by atoms with Crippen molar-refractivity contribution in [2.45, 2.75) is 18.9 Å². The van der Waals surface area contributed by atoms with Crippen molar-refractivity contribution in [2.75, 3.05) is 7.11 Å². The zero-order valence-electron chi connectivity index (χ0n) is 20.1. The molecule has 1 aromatic heterocycles. The zero-order valence-corrected chi connectivity index (χ0v) is 20.9. The van der Waals surface area contributed by atoms with Crippen molar-refractivity contribution >= 4 is 28.8 Å². The van der Waals surface area contributed by atoms with Gasteiger partial charge in [0, 0.05) is 11.6 Å². The first-order chi connectivity index (χ1) is 18.4. The van der Waals surface area contributed by atoms with Crippen LogP contribution in [0, 0.1) is 15.9 Å². The van der Waals surface area contributed by atoms with E-state index in [4.69, 9.17) is 9.73 Å². The van der Waals surface area contributed by atoms with Crippen LogP contribution in [0.1, 0.15) is 34.7 Å². The lowest BCUT2D eigenvalue weighted by atomic mass is 9.83. The highest BCUT2D eigenvalue weighted by Crippen LogP contribution is 2.41. The summed E-state index contributed by atoms with van der Waals surface area (Å²) in [6.07, 6.45) is 3.02. The summed E-state index contributed by atoms with van der Waals surface area (Å²) in [5.74, 6) is -1.03. The minimum absolute atomic E-state index is 0.0746. The molecule has 8 nitrogen and oxygen atoms in total. The Morgan fingerprint density at radius 2 is 1.95 bits per heavy atom. The number of hydrogen-bond acceptors (Lipinski definition) is 7. The lowest BCUT2D eigenvalue weighted by molar-refractivity contribution is -0.386. The van der Waals surface area contributed by atoms with E-state index >= 15 is 0 Å². The molecule has 0 fully saturated rings. The maximum atomic E-state index is 13.8. The molecule has 1 atom stereocenters. The first-order valence-electron chi connectivity index (χ1n) is 11.8. The van der Waals surface area contributed by atoms with E-state index in [0.29, 0.717) is 21.3 Å². The number of rotatable bonds is 4. The molecule has 1 N–H and O–H groups in total. The van der Waals surface area contributed by atoms with E-state index in [2.05, 4.69) is 6.07 Å². The molecule has 1 aliphatic carbocycles. The smallest absolute Gasteiger partial charge is 0.315 e. The summed E-state index contributed by atoms with van der Waals surface area (Å²) < 4.78 is 20.8. The van der Waals surface area contributed by atoms with Crippen LogP contribution in [0.15, 0.2) is 76.0 Å². The largest absolute Gasteiger partial charge is 0.500 e. The van der Waals surface area contributed by atoms with Crippen molar-refractivity contribution in [2.24, 2.45) is 4.99 Å². The van der Waals surface area contributed by atoms with Crippen molar-refractivity contribution < 1.29 is 19.2 Å². The average Bonchev–Trinajstić information content (AvgIpc) is 3.23. The molecule has 2 heterocycles. The molecule has 1 aliphatic heterocycles. The van der Waals surface area contributed by atoms with Crippen LogP contribution in [0.25, 0.3) is 11.8 Å². The third-order valence-corrected chi connectivity index (χ3v) is 7.83. The first kappa shape index (κ1) is 23.8. The van der Waals surface area contributed by atoms with Gasteiger partial charge in [0.05, 0.1) is 28.3 Å². The number of hydrogen-bond donors (Lipinski definition) is 1. The predicted molar refractivity (Wildman–Crippen MR) is 140 cm³/mol. The van der Waals surface area contributed by atoms with Gasteiger partial charge in [0.15, 0.2) is 10.6 Å². The minimum atomic E-state index is -0.711. The Morgan fingerprint density at radius 3 is 2.68 bits per heavy atom. The van der Waals surface area contributed by atoms with Crippen molar-refractivity contribution in [3.8, 4) is 11.5 Å². The van der Waals surface area contributed by atoms with Gasteiger partial charge in [0.2, 0.25) is 5.75 Å². The molecule has 3 aromatic carbocycles. The third-order valence-electron chi connectivity index (χ3n) is 6.85. The van der Waals surface area contributed by atoms with E-state index in [1.807, 2.05) is 18.2 Å². The van der Waals surface area contributed by atoms with Crippen LogP contribution in [0.3, 0.4) is 0 Å². The second-order valence-corrected chi connectivity index (χ2v) is 10.0. The Hall–Kier alpha value is -4.57. The number of aromatic hydroxyl groups is 1. The van der Waals surface area contributed by atoms with Crippen LogP contribution in [-0.4, -0.2) is 21.7 Å². The molecule has 6 rings (SSSR count). The Balaban J connectivity index is 1.60. The SMILES string of the molecule is COc1cc(/C=c2/sc3n(c2=O)[C@@H](c2ccc(F)cc2)C2=C(N=3)c3ccccc3CC2)cc([N+](=O)[O-])c1O. The number of fused-ring (bicyclic) bond motifs is 3. The summed E-state index contributed by atoms with van der Waals surface area (Å²) in [6.45, 7) is 0. The number of halogens is 1. The number of allylic oxidation sites excluding steroid dienone is 1. The maximum absolute atomic E-state index is 13.8. The molecule has 190 valence electrons. The highest BCUT2D eigenvalue weighted by Gasteiger charge is 2.32. The summed E-state index contributed by atoms with van der Waals surface area (Å²) in [7, 11) is 1.29. The molecule has 0 spiro atoms. The molecule has 0 unspecified atom stereocenters. The highest BCUT2D eigenvalue weighted by molar-refractivity contribution is 7.07. The second kappa shape index (κ2) is 9.07. The molecular weight excluding hydrogens is 509 g/mol. The van der Waals surface area contributed by atoms with Gasteiger partial charge in [-0.15, -0.1) is 0 Å². The Morgan fingerprint density at radius 1 is 1.18 bits per heavy atom. The number of methoxy groups -OCH3 is 1. The number of aromatic nitrogens is 1. The van der Waals surface area contributed by atoms with E-state index in [1.165, 1.54) is 54.4 Å². The minimum Gasteiger partial charge on any atom is -0.500 e. The van der Waals surface area contributed by atoms with Gasteiger partial charge in [-0.1, -0.05) is 47.7 Å². The predicted octanol–water partition coefficient (Wildman–Crippen LogP) is 4.08. The fraction of sp³-hybridized carbons (Fsp3) is 0.143. The Bertz CT molecular complexity index is 1840. The first-order valence-corrected chi connectivity index (χ1v) is 12.6. The molecule has 38 heavy (non-hydrogen) atoms. The molecule has 0 amide bonds. The van der Waals surface area contributed by atoms with Crippen LogP contribution < -0.4 is 19.6 Å². The van der Waals surface area contributed by atoms with Gasteiger partial charge in [0.1, 0.15) is 5.82 Å². The number of thiazole rings is 1. The number of nitro groups is 1. The molecule has 10 heteroatoms. The van der Waals surface area contributed by atoms with E-state index < -0.39 is 22.4 Å². The number of nitro benzene ring substituents is 1. The number of benzene rings is 3. The fourth-order valence-electron chi connectivity index (χ4n) is 5.11. The van der Waals surface area contributed by atoms with E-state index in [9.17, 15) is 24.4 Å². The van der Waals surface area contributed by atoms with Crippen LogP contribution in [0.2, 0.25) is 0 Å². The van der Waals surface area contributed by atoms with Crippen LogP contribution >= 0.6 is 11.3 Å². The van der Waals surface area contributed by atoms with Gasteiger partial charge >= 0.3 is 5.69 Å². The van der Waals surface area contributed by atoms with Gasteiger partial charge in [-0.05, 0) is 59.4 Å². The summed E-state index contributed by atoms with van der Waals surface area (Å²) in [4.78, 5) is 29.9. The van der Waals surface area contributed by atoms with Crippen LogP contribution in [-0.2, 0) is 6.42 Å². The molecule has 4 aromatic rings. The molecule has 2 aliphatic rings. The van der Waals surface area contributed by atoms with E-state index in [0.717, 1.165) is 28.8 Å². The number of phenols is 1. The summed E-state index contributed by atoms with van der Waals surface area (Å²) >= 11 is 1.17. The van der Waals surface area contributed by atoms with Crippen molar-refractivity contribution in [1.29, 1.82) is 0 Å². The number of phenolic OH excluding ortho intramolecular Hbond substituents is 1. The third kappa shape index (κ3) is 3.81. The van der Waals surface area contributed by atoms with E-state index in [-0.39, 0.29) is 17.1 Å². The van der Waals surface area contributed by atoms with Crippen LogP contribution in [0.5, 0.6) is 11.5 Å². The fourth-order valence-corrected chi connectivity index (χ4v) is 6.11. The van der Waals surface area contributed by atoms with Crippen molar-refractivity contribution in [3.05, 3.63) is 124 Å². The van der Waals surface area contributed by atoms with Gasteiger partial charge in [-0.25, -0.2) is 9.38 Å². The summed E-state index contributed by atoms with van der Waals surface area (Å²) in [5.41, 5.74) is 4.23. The van der Waals surface area contributed by atoms with Gasteiger partial charge in [0.25, 0.3) is 5.56 Å². The lowest BCUT2D eigenvalue weighted by Crippen LogP contribution is -2.38. The second-order valence-electron chi connectivity index (χ2n) is 9.01. The quantitative estimate of drug-likeness (QED) is 0.317. The summed E-state index contributed by atoms with van der Waals surface area (Å²) in [5, 5.41) is 21.6. The van der Waals surface area contributed by atoms with Crippen LogP contribution in [0.4, 0.5) is 10.1 Å². The van der Waals surface area contributed by atoms with Crippen molar-refractivity contribution in [3.63, 3.8) is 0 Å². The van der Waals surface area contributed by atoms with Gasteiger partial charge in [-0.2, -0.15) is 0 Å². The number of nitrogens with zero attached hydrogens (tertiary/aromatic N) is 3. The molecular formula is C28H20FN3O5S.